The highest BCUT2D eigenvalue weighted by molar-refractivity contribution is 6.26. The first-order valence-corrected chi connectivity index (χ1v) is 33.2. The van der Waals surface area contributed by atoms with Crippen molar-refractivity contribution >= 4 is 17.8 Å². The lowest BCUT2D eigenvalue weighted by Crippen LogP contribution is -2.65. The number of carbonyl (C=O) groups excluding carboxylic acids is 3. The second kappa shape index (κ2) is 28.3. The molecule has 4 aliphatic carbocycles. The number of ether oxygens (including phenoxy) is 13. The van der Waals surface area contributed by atoms with Gasteiger partial charge in [-0.25, -0.2) is 9.59 Å². The standard InChI is InChI=1S/C67H100N2O24/c1-29-15-18-45(88-52-27-65(11,69(79)80)60(38(10)87-52)68-64(78)82-14)30(2)20-40-21-39(28-70)33(5)26-67(40)62(76)53(63(77)93-67)61(75)66(12)42(29)17-16-41-54(66)31(3)19-32(4)57(41)91-51-24-46(56(74)35(7)84-51)89-50-25-47(90-48-22-43(71)55(73)34(6)83-48)59(37(9)86-50)92-49-23-44(72)58(81-13)36(8)85-49/h15-17,20-21,31-38,40-52,54-60,70-75H,18-19,22-28H2,1-14H3,(H,68,78)/b29-15+,30-20+,61-53-/t31-,32-,33+,34-,35-,36-,37-,38+,40+,41-,42-,43+,44+,45-,46+,47+,48-,49+,50-,51-,52-,54+,55-,56-,57-,58-,59-,60-,65-,66+,67?/m0/s1. The van der Waals surface area contributed by atoms with Crippen LogP contribution < -0.4 is 5.32 Å². The normalized spacial score (nSPS) is 49.9. The van der Waals surface area contributed by atoms with Crippen molar-refractivity contribution in [1.29, 1.82) is 0 Å². The largest absolute Gasteiger partial charge is 0.511 e. The van der Waals surface area contributed by atoms with Crippen LogP contribution in [0.4, 0.5) is 4.79 Å². The van der Waals surface area contributed by atoms with Gasteiger partial charge in [0.25, 0.3) is 0 Å². The van der Waals surface area contributed by atoms with E-state index in [2.05, 4.69) is 25.2 Å². The molecule has 31 atom stereocenters. The molecule has 1 amide bonds. The highest BCUT2D eigenvalue weighted by atomic mass is 16.8. The topological polar surface area (TPSA) is 348 Å². The van der Waals surface area contributed by atoms with Crippen LogP contribution in [-0.4, -0.2) is 214 Å². The summed E-state index contributed by atoms with van der Waals surface area (Å²) in [6.45, 7) is 21.2. The molecule has 93 heavy (non-hydrogen) atoms. The zero-order chi connectivity index (χ0) is 67.7. The average molecular weight is 1320 g/mol. The van der Waals surface area contributed by atoms with Gasteiger partial charge in [-0.05, 0) is 96.1 Å². The minimum Gasteiger partial charge on any atom is -0.511 e. The van der Waals surface area contributed by atoms with Gasteiger partial charge in [-0.3, -0.25) is 14.9 Å². The zero-order valence-electron chi connectivity index (χ0n) is 55.9. The molecule has 10 rings (SSSR count). The molecule has 7 fully saturated rings. The Hall–Kier alpha value is -4.33. The maximum absolute atomic E-state index is 15.7. The molecule has 6 heterocycles. The number of hydrogen-bond donors (Lipinski definition) is 7. The maximum Gasteiger partial charge on any atom is 0.407 e. The monoisotopic (exact) mass is 1320 g/mol. The van der Waals surface area contributed by atoms with Crippen molar-refractivity contribution in [2.24, 2.45) is 46.8 Å². The zero-order valence-corrected chi connectivity index (χ0v) is 55.9. The van der Waals surface area contributed by atoms with E-state index in [0.29, 0.717) is 17.6 Å². The Morgan fingerprint density at radius 1 is 0.688 bits per heavy atom. The van der Waals surface area contributed by atoms with Crippen LogP contribution in [0.25, 0.3) is 0 Å². The van der Waals surface area contributed by atoms with Crippen LogP contribution in [0, 0.1) is 57.0 Å². The molecule has 26 heteroatoms. The summed E-state index contributed by atoms with van der Waals surface area (Å²) in [5.41, 5.74) is -3.49. The summed E-state index contributed by atoms with van der Waals surface area (Å²) >= 11 is 0. The molecule has 7 N–H and O–H groups in total. The predicted molar refractivity (Wildman–Crippen MR) is 327 cm³/mol. The van der Waals surface area contributed by atoms with Crippen molar-refractivity contribution in [3.8, 4) is 0 Å². The van der Waals surface area contributed by atoms with E-state index < -0.39 is 209 Å². The molecule has 0 aromatic heterocycles. The lowest BCUT2D eigenvalue weighted by molar-refractivity contribution is -0.584. The first-order valence-electron chi connectivity index (χ1n) is 33.2. The van der Waals surface area contributed by atoms with Crippen molar-refractivity contribution in [3.63, 3.8) is 0 Å². The minimum absolute atomic E-state index is 0.00999. The van der Waals surface area contributed by atoms with Gasteiger partial charge in [0, 0.05) is 74.2 Å². The number of aliphatic hydroxyl groups excluding tert-OH is 6. The summed E-state index contributed by atoms with van der Waals surface area (Å²) < 4.78 is 82.0. The van der Waals surface area contributed by atoms with Gasteiger partial charge in [0.15, 0.2) is 37.1 Å². The van der Waals surface area contributed by atoms with E-state index in [1.165, 1.54) is 14.0 Å². The van der Waals surface area contributed by atoms with Crippen LogP contribution in [0.3, 0.4) is 0 Å². The molecule has 1 saturated carbocycles. The molecule has 1 spiro atoms. The molecule has 6 aliphatic heterocycles. The van der Waals surface area contributed by atoms with E-state index in [9.17, 15) is 50.3 Å². The van der Waals surface area contributed by atoms with Gasteiger partial charge in [-0.15, -0.1) is 0 Å². The first kappa shape index (κ1) is 71.4. The fourth-order valence-corrected chi connectivity index (χ4v) is 17.2. The van der Waals surface area contributed by atoms with Gasteiger partial charge in [0.2, 0.25) is 11.3 Å². The number of rotatable bonds is 14. The van der Waals surface area contributed by atoms with Gasteiger partial charge in [-0.2, -0.15) is 0 Å². The highest BCUT2D eigenvalue weighted by Gasteiger charge is 2.64. The number of alkyl carbamates (subject to hydrolysis) is 1. The summed E-state index contributed by atoms with van der Waals surface area (Å²) in [6.07, 6.45) is -8.05. The van der Waals surface area contributed by atoms with Gasteiger partial charge in [0.05, 0.1) is 87.3 Å². The van der Waals surface area contributed by atoms with Crippen molar-refractivity contribution in [2.45, 2.75) is 275 Å². The number of allylic oxidation sites excluding steroid dienone is 3. The summed E-state index contributed by atoms with van der Waals surface area (Å²) in [5.74, 6) is -5.33. The van der Waals surface area contributed by atoms with Crippen LogP contribution in [0.2, 0.25) is 0 Å². The van der Waals surface area contributed by atoms with E-state index in [4.69, 9.17) is 61.6 Å². The van der Waals surface area contributed by atoms with Gasteiger partial charge >= 0.3 is 12.1 Å². The molecule has 2 bridgehead atoms. The molecule has 6 saturated heterocycles. The number of methoxy groups -OCH3 is 2. The summed E-state index contributed by atoms with van der Waals surface area (Å²) in [7, 11) is 2.66. The van der Waals surface area contributed by atoms with Gasteiger partial charge in [0.1, 0.15) is 41.8 Å². The lowest BCUT2D eigenvalue weighted by atomic mass is 9.49. The fourth-order valence-electron chi connectivity index (χ4n) is 17.2. The van der Waals surface area contributed by atoms with E-state index >= 15 is 4.79 Å². The molecule has 0 aromatic rings. The highest BCUT2D eigenvalue weighted by Crippen LogP contribution is 2.61. The molecule has 0 radical (unpaired) electrons. The number of nitro groups is 1. The Bertz CT molecular complexity index is 2880. The Balaban J connectivity index is 0.943. The Morgan fingerprint density at radius 2 is 1.28 bits per heavy atom. The Labute approximate surface area is 543 Å². The third-order valence-electron chi connectivity index (χ3n) is 22.3. The van der Waals surface area contributed by atoms with Crippen molar-refractivity contribution < 1.29 is 112 Å². The number of fused-ring (bicyclic) bond motifs is 4. The van der Waals surface area contributed by atoms with E-state index in [1.807, 2.05) is 32.9 Å². The van der Waals surface area contributed by atoms with Crippen molar-refractivity contribution in [3.05, 3.63) is 68.5 Å². The molecular formula is C67H100N2O24. The SMILES string of the molecule is COC(=O)N[C@H]1[C@@H](C)O[C@@H](O[C@H]2C/C=C(\C)[C@@H]3C=C[C@@H]4[C@@H](O[C@H]5C[C@@H](O[C@H]6C[C@@H](O[C@H]7C[C@@H](O)[C@@H](O)[C@H](C)O7)[C@@H](O[C@@H]7C[C@@H](O)[C@@H](OC)[C@H](C)O7)[C@H](C)O6)[C@@H](O)[C@H](C)O5)[C@@H](C)C[C@H](C)[C@H]4[C@]3(C)/C(O)=C3/C(=O)OC4(C[C@@H](C)C(CO)=C[C@H]4/C=C/2C)C3=O)C[C@]1(C)[N+](=O)[O-]. The number of aliphatic hydroxyl groups is 6. The maximum atomic E-state index is 15.7. The molecule has 10 aliphatic rings. The van der Waals surface area contributed by atoms with Crippen LogP contribution in [0.15, 0.2) is 58.4 Å². The minimum atomic E-state index is -1.84. The number of esters is 1. The van der Waals surface area contributed by atoms with Crippen molar-refractivity contribution in [2.75, 3.05) is 20.8 Å². The van der Waals surface area contributed by atoms with E-state index in [1.54, 1.807) is 53.7 Å². The summed E-state index contributed by atoms with van der Waals surface area (Å²) in [5, 5.41) is 83.6. The van der Waals surface area contributed by atoms with E-state index in [0.717, 1.165) is 12.7 Å². The number of carbonyl (C=O) groups is 3. The van der Waals surface area contributed by atoms with Crippen LogP contribution >= 0.6 is 0 Å². The number of amides is 1. The predicted octanol–water partition coefficient (Wildman–Crippen LogP) is 5.45. The van der Waals surface area contributed by atoms with Gasteiger partial charge < -0.3 is 97.5 Å². The quantitative estimate of drug-likeness (QED) is 0.0373. The second-order valence-electron chi connectivity index (χ2n) is 28.6. The number of nitrogens with zero attached hydrogens (tertiary/aromatic N) is 1. The molecule has 1 unspecified atom stereocenters. The number of Topliss-reactive ketones (excluding diaryl/α,β-unsaturated/α-hetero) is 1. The average Bonchev–Trinajstić information content (AvgIpc) is 1.70. The molecule has 522 valence electrons. The Kier molecular flexibility index (Phi) is 21.7. The van der Waals surface area contributed by atoms with Crippen LogP contribution in [0.5, 0.6) is 0 Å². The number of hydrogen-bond acceptors (Lipinski definition) is 24. The van der Waals surface area contributed by atoms with E-state index in [-0.39, 0.29) is 63.4 Å². The number of ketones is 1. The Morgan fingerprint density at radius 3 is 1.92 bits per heavy atom. The molecule has 26 nitrogen and oxygen atoms in total. The fraction of sp³-hybridized carbons (Fsp3) is 0.806. The van der Waals surface area contributed by atoms with Crippen LogP contribution in [0.1, 0.15) is 134 Å². The second-order valence-corrected chi connectivity index (χ2v) is 28.6. The van der Waals surface area contributed by atoms with Gasteiger partial charge in [-0.1, -0.05) is 63.6 Å². The third kappa shape index (κ3) is 13.7. The summed E-state index contributed by atoms with van der Waals surface area (Å²) in [4.78, 5) is 55.4. The number of nitrogens with one attached hydrogen (secondary N) is 1. The van der Waals surface area contributed by atoms with Crippen LogP contribution in [-0.2, 0) is 71.2 Å². The molecule has 0 aromatic carbocycles. The lowest BCUT2D eigenvalue weighted by Gasteiger charge is -2.56. The van der Waals surface area contributed by atoms with Crippen molar-refractivity contribution in [1.82, 2.24) is 5.32 Å². The molecular weight excluding hydrogens is 1220 g/mol. The first-order chi connectivity index (χ1) is 43.9. The third-order valence-corrected chi connectivity index (χ3v) is 22.3. The smallest absolute Gasteiger partial charge is 0.407 e. The summed E-state index contributed by atoms with van der Waals surface area (Å²) in [6, 6.07) is -1.09.